The van der Waals surface area contributed by atoms with Gasteiger partial charge in [-0.2, -0.15) is 0 Å². The highest BCUT2D eigenvalue weighted by atomic mass is 16.5. The van der Waals surface area contributed by atoms with Crippen molar-refractivity contribution in [2.24, 2.45) is 0 Å². The molecule has 1 aliphatic heterocycles. The van der Waals surface area contributed by atoms with Gasteiger partial charge in [-0.1, -0.05) is 24.3 Å². The maximum Gasteiger partial charge on any atom is 0.248 e. The second-order valence-corrected chi connectivity index (χ2v) is 6.46. The molecule has 0 unspecified atom stereocenters. The molecule has 142 valence electrons. The number of hydrogen-bond acceptors (Lipinski definition) is 5. The van der Waals surface area contributed by atoms with Crippen LogP contribution < -0.4 is 15.6 Å². The predicted octanol–water partition coefficient (Wildman–Crippen LogP) is 3.28. The number of nitrogens with zero attached hydrogens (tertiary/aromatic N) is 1. The Hall–Kier alpha value is -3.38. The minimum Gasteiger partial charge on any atom is -0.463 e. The molecule has 1 amide bonds. The summed E-state index contributed by atoms with van der Waals surface area (Å²) in [5.74, 6) is -0.312. The Morgan fingerprint density at radius 2 is 1.79 bits per heavy atom. The van der Waals surface area contributed by atoms with Crippen molar-refractivity contribution in [1.82, 2.24) is 0 Å². The zero-order valence-corrected chi connectivity index (χ0v) is 15.3. The Kier molecular flexibility index (Phi) is 5.21. The molecular formula is C22H20N2O4. The van der Waals surface area contributed by atoms with E-state index in [4.69, 9.17) is 9.15 Å². The molecule has 0 aliphatic carbocycles. The lowest BCUT2D eigenvalue weighted by Gasteiger charge is -2.30. The number of anilines is 2. The third-order valence-electron chi connectivity index (χ3n) is 4.63. The maximum atomic E-state index is 12.5. The molecule has 1 fully saturated rings. The lowest BCUT2D eigenvalue weighted by Crippen LogP contribution is -2.36. The lowest BCUT2D eigenvalue weighted by molar-refractivity contribution is -0.111. The number of carbonyl (C=O) groups excluding carboxylic acids is 1. The van der Waals surface area contributed by atoms with E-state index in [1.54, 1.807) is 24.3 Å². The summed E-state index contributed by atoms with van der Waals surface area (Å²) in [6, 6.07) is 14.7. The lowest BCUT2D eigenvalue weighted by atomic mass is 10.1. The van der Waals surface area contributed by atoms with Crippen LogP contribution in [0.5, 0.6) is 0 Å². The van der Waals surface area contributed by atoms with E-state index >= 15 is 0 Å². The summed E-state index contributed by atoms with van der Waals surface area (Å²) >= 11 is 0. The van der Waals surface area contributed by atoms with Gasteiger partial charge in [0.05, 0.1) is 35.5 Å². The molecule has 0 saturated carbocycles. The molecule has 1 aromatic heterocycles. The molecule has 1 saturated heterocycles. The average molecular weight is 376 g/mol. The van der Waals surface area contributed by atoms with Gasteiger partial charge in [-0.05, 0) is 30.3 Å². The number of ether oxygens (including phenoxy) is 1. The molecule has 2 aromatic carbocycles. The standard InChI is InChI=1S/C22H20N2O4/c25-21(10-9-16-15-28-20-8-4-1-5-17(20)22(16)26)23-18-6-2-3-7-19(18)24-11-13-27-14-12-24/h1-10,15H,11-14H2,(H,23,25)/b10-9+. The van der Waals surface area contributed by atoms with Crippen LogP contribution in [0.2, 0.25) is 0 Å². The van der Waals surface area contributed by atoms with E-state index in [-0.39, 0.29) is 11.3 Å². The highest BCUT2D eigenvalue weighted by Gasteiger charge is 2.15. The summed E-state index contributed by atoms with van der Waals surface area (Å²) in [5.41, 5.74) is 2.37. The van der Waals surface area contributed by atoms with Gasteiger partial charge >= 0.3 is 0 Å². The molecule has 1 N–H and O–H groups in total. The smallest absolute Gasteiger partial charge is 0.248 e. The zero-order valence-electron chi connectivity index (χ0n) is 15.3. The van der Waals surface area contributed by atoms with E-state index in [9.17, 15) is 9.59 Å². The largest absolute Gasteiger partial charge is 0.463 e. The molecule has 0 radical (unpaired) electrons. The van der Waals surface area contributed by atoms with Gasteiger partial charge in [0.15, 0.2) is 5.43 Å². The van der Waals surface area contributed by atoms with Crippen molar-refractivity contribution in [2.45, 2.75) is 0 Å². The van der Waals surface area contributed by atoms with Crippen LogP contribution in [0.4, 0.5) is 11.4 Å². The van der Waals surface area contributed by atoms with Crippen LogP contribution in [-0.2, 0) is 9.53 Å². The molecule has 1 aliphatic rings. The van der Waals surface area contributed by atoms with Crippen LogP contribution in [0, 0.1) is 0 Å². The summed E-state index contributed by atoms with van der Waals surface area (Å²) in [6.07, 6.45) is 4.19. The van der Waals surface area contributed by atoms with Gasteiger partial charge in [0, 0.05) is 19.2 Å². The molecule has 2 heterocycles. The fourth-order valence-corrected chi connectivity index (χ4v) is 3.21. The van der Waals surface area contributed by atoms with Gasteiger partial charge in [-0.3, -0.25) is 9.59 Å². The van der Waals surface area contributed by atoms with Gasteiger partial charge in [0.25, 0.3) is 0 Å². The fraction of sp³-hybridized carbons (Fsp3) is 0.182. The number of benzene rings is 2. The quantitative estimate of drug-likeness (QED) is 0.708. The van der Waals surface area contributed by atoms with Gasteiger partial charge in [0.2, 0.25) is 5.91 Å². The first-order valence-corrected chi connectivity index (χ1v) is 9.14. The first kappa shape index (κ1) is 18.0. The van der Waals surface area contributed by atoms with E-state index in [0.29, 0.717) is 29.7 Å². The normalized spacial score (nSPS) is 14.5. The Morgan fingerprint density at radius 1 is 1.04 bits per heavy atom. The Labute approximate surface area is 162 Å². The van der Waals surface area contributed by atoms with Crippen molar-refractivity contribution >= 4 is 34.3 Å². The molecule has 0 atom stereocenters. The molecule has 3 aromatic rings. The monoisotopic (exact) mass is 376 g/mol. The highest BCUT2D eigenvalue weighted by Crippen LogP contribution is 2.26. The Balaban J connectivity index is 1.52. The average Bonchev–Trinajstić information content (AvgIpc) is 2.74. The van der Waals surface area contributed by atoms with Crippen LogP contribution >= 0.6 is 0 Å². The second kappa shape index (κ2) is 8.10. The van der Waals surface area contributed by atoms with Crippen molar-refractivity contribution in [3.63, 3.8) is 0 Å². The number of hydrogen-bond donors (Lipinski definition) is 1. The highest BCUT2D eigenvalue weighted by molar-refractivity contribution is 6.04. The van der Waals surface area contributed by atoms with Gasteiger partial charge in [0.1, 0.15) is 11.8 Å². The zero-order chi connectivity index (χ0) is 19.3. The summed E-state index contributed by atoms with van der Waals surface area (Å²) in [5, 5.41) is 3.38. The van der Waals surface area contributed by atoms with Crippen LogP contribution in [0.1, 0.15) is 5.56 Å². The van der Waals surface area contributed by atoms with Crippen LogP contribution in [0.15, 0.2) is 70.1 Å². The third kappa shape index (κ3) is 3.82. The molecule has 6 nitrogen and oxygen atoms in total. The van der Waals surface area contributed by atoms with Crippen molar-refractivity contribution in [3.8, 4) is 0 Å². The first-order chi connectivity index (χ1) is 13.7. The predicted molar refractivity (Wildman–Crippen MR) is 110 cm³/mol. The maximum absolute atomic E-state index is 12.5. The SMILES string of the molecule is O=C(/C=C/c1coc2ccccc2c1=O)Nc1ccccc1N1CCOCC1. The van der Waals surface area contributed by atoms with Gasteiger partial charge in [-0.25, -0.2) is 0 Å². The van der Waals surface area contributed by atoms with E-state index < -0.39 is 0 Å². The summed E-state index contributed by atoms with van der Waals surface area (Å²) in [6.45, 7) is 2.89. The molecule has 6 heteroatoms. The molecule has 0 spiro atoms. The molecule has 28 heavy (non-hydrogen) atoms. The molecular weight excluding hydrogens is 356 g/mol. The fourth-order valence-electron chi connectivity index (χ4n) is 3.21. The number of fused-ring (bicyclic) bond motifs is 1. The Morgan fingerprint density at radius 3 is 2.64 bits per heavy atom. The Bertz CT molecular complexity index is 1080. The van der Waals surface area contributed by atoms with Crippen LogP contribution in [0.3, 0.4) is 0 Å². The number of para-hydroxylation sites is 3. The van der Waals surface area contributed by atoms with Crippen LogP contribution in [0.25, 0.3) is 17.0 Å². The summed E-state index contributed by atoms with van der Waals surface area (Å²) < 4.78 is 10.9. The van der Waals surface area contributed by atoms with Crippen molar-refractivity contribution in [3.05, 3.63) is 76.7 Å². The number of rotatable bonds is 4. The molecule has 4 rings (SSSR count). The minimum atomic E-state index is -0.312. The topological polar surface area (TPSA) is 71.8 Å². The van der Waals surface area contributed by atoms with Crippen LogP contribution in [-0.4, -0.2) is 32.2 Å². The van der Waals surface area contributed by atoms with E-state index in [1.807, 2.05) is 24.3 Å². The van der Waals surface area contributed by atoms with Gasteiger partial charge in [-0.15, -0.1) is 0 Å². The van der Waals surface area contributed by atoms with Crippen molar-refractivity contribution in [2.75, 3.05) is 36.5 Å². The van der Waals surface area contributed by atoms with E-state index in [2.05, 4.69) is 10.2 Å². The minimum absolute atomic E-state index is 0.167. The number of amides is 1. The summed E-state index contributed by atoms with van der Waals surface area (Å²) in [4.78, 5) is 27.1. The number of carbonyl (C=O) groups is 1. The third-order valence-corrected chi connectivity index (χ3v) is 4.63. The van der Waals surface area contributed by atoms with Gasteiger partial charge < -0.3 is 19.4 Å². The number of nitrogens with one attached hydrogen (secondary N) is 1. The number of morpholine rings is 1. The van der Waals surface area contributed by atoms with E-state index in [1.165, 1.54) is 18.4 Å². The summed E-state index contributed by atoms with van der Waals surface area (Å²) in [7, 11) is 0. The van der Waals surface area contributed by atoms with Crippen molar-refractivity contribution < 1.29 is 13.9 Å². The van der Waals surface area contributed by atoms with Crippen molar-refractivity contribution in [1.29, 1.82) is 0 Å². The first-order valence-electron chi connectivity index (χ1n) is 9.14. The molecule has 0 bridgehead atoms. The second-order valence-electron chi connectivity index (χ2n) is 6.46. The van der Waals surface area contributed by atoms with E-state index in [0.717, 1.165) is 24.5 Å².